The number of aliphatic hydroxyl groups is 1. The number of nitrogens with one attached hydrogen (secondary N) is 2. The lowest BCUT2D eigenvalue weighted by atomic mass is 9.66. The summed E-state index contributed by atoms with van der Waals surface area (Å²) < 4.78 is 6.61. The number of amides is 3. The van der Waals surface area contributed by atoms with Gasteiger partial charge in [0.25, 0.3) is 0 Å². The zero-order chi connectivity index (χ0) is 25.4. The molecule has 4 rings (SSSR count). The first kappa shape index (κ1) is 25.6. The Kier molecular flexibility index (Phi) is 7.25. The predicted octanol–water partition coefficient (Wildman–Crippen LogP) is 2.71. The highest BCUT2D eigenvalue weighted by atomic mass is 16.5. The SMILES string of the molecule is CCCCCNC(=O)C1N([C@@H](CO)C(C)C)C(=O)[C@@H]2[C@H](C(=O)Nc3ccccc3)[C@]3(C)CCC12O3. The molecule has 3 amide bonds. The van der Waals surface area contributed by atoms with E-state index >= 15 is 0 Å². The number of rotatable bonds is 10. The lowest BCUT2D eigenvalue weighted by Gasteiger charge is -2.38. The second-order valence-electron chi connectivity index (χ2n) is 10.8. The van der Waals surface area contributed by atoms with Crippen molar-refractivity contribution in [1.82, 2.24) is 10.2 Å². The van der Waals surface area contributed by atoms with Crippen molar-refractivity contribution in [3.05, 3.63) is 30.3 Å². The van der Waals surface area contributed by atoms with E-state index < -0.39 is 35.1 Å². The molecular weight excluding hydrogens is 446 g/mol. The molecule has 8 nitrogen and oxygen atoms in total. The third-order valence-corrected chi connectivity index (χ3v) is 8.18. The minimum absolute atomic E-state index is 0.0704. The topological polar surface area (TPSA) is 108 Å². The molecule has 3 N–H and O–H groups in total. The zero-order valence-corrected chi connectivity index (χ0v) is 21.3. The van der Waals surface area contributed by atoms with Gasteiger partial charge in [-0.2, -0.15) is 0 Å². The van der Waals surface area contributed by atoms with Crippen molar-refractivity contribution < 1.29 is 24.2 Å². The highest BCUT2D eigenvalue weighted by Gasteiger charge is 2.78. The maximum Gasteiger partial charge on any atom is 0.245 e. The number of likely N-dealkylation sites (tertiary alicyclic amines) is 1. The Bertz CT molecular complexity index is 953. The molecule has 3 aliphatic heterocycles. The number of nitrogens with zero attached hydrogens (tertiary/aromatic N) is 1. The quantitative estimate of drug-likeness (QED) is 0.442. The summed E-state index contributed by atoms with van der Waals surface area (Å²) in [6.45, 7) is 8.10. The van der Waals surface area contributed by atoms with Crippen molar-refractivity contribution >= 4 is 23.4 Å². The Morgan fingerprint density at radius 3 is 2.51 bits per heavy atom. The van der Waals surface area contributed by atoms with Gasteiger partial charge in [-0.25, -0.2) is 0 Å². The normalized spacial score (nSPS) is 32.1. The minimum atomic E-state index is -1.08. The van der Waals surface area contributed by atoms with Crippen molar-refractivity contribution in [2.75, 3.05) is 18.5 Å². The number of benzene rings is 1. The Balaban J connectivity index is 1.70. The minimum Gasteiger partial charge on any atom is -0.394 e. The van der Waals surface area contributed by atoms with Gasteiger partial charge < -0.3 is 25.4 Å². The van der Waals surface area contributed by atoms with Crippen molar-refractivity contribution in [2.45, 2.75) is 83.1 Å². The van der Waals surface area contributed by atoms with Crippen molar-refractivity contribution in [3.63, 3.8) is 0 Å². The molecule has 192 valence electrons. The fourth-order valence-corrected chi connectivity index (χ4v) is 6.47. The smallest absolute Gasteiger partial charge is 0.245 e. The number of ether oxygens (including phenoxy) is 1. The van der Waals surface area contributed by atoms with E-state index in [1.807, 2.05) is 39.0 Å². The predicted molar refractivity (Wildman–Crippen MR) is 132 cm³/mol. The van der Waals surface area contributed by atoms with Gasteiger partial charge in [-0.1, -0.05) is 51.8 Å². The van der Waals surface area contributed by atoms with Crippen molar-refractivity contribution in [3.8, 4) is 0 Å². The average molecular weight is 486 g/mol. The van der Waals surface area contributed by atoms with Crippen LogP contribution >= 0.6 is 0 Å². The second-order valence-corrected chi connectivity index (χ2v) is 10.8. The van der Waals surface area contributed by atoms with E-state index in [-0.39, 0.29) is 30.2 Å². The number of hydrogen-bond donors (Lipinski definition) is 3. The molecule has 3 saturated heterocycles. The summed E-state index contributed by atoms with van der Waals surface area (Å²) in [5.41, 5.74) is -1.26. The molecule has 0 saturated carbocycles. The summed E-state index contributed by atoms with van der Waals surface area (Å²) in [5, 5.41) is 16.2. The van der Waals surface area contributed by atoms with Gasteiger partial charge in [0.15, 0.2) is 0 Å². The van der Waals surface area contributed by atoms with Crippen LogP contribution in [0.5, 0.6) is 0 Å². The molecule has 0 radical (unpaired) electrons. The van der Waals surface area contributed by atoms with E-state index in [1.54, 1.807) is 12.1 Å². The van der Waals surface area contributed by atoms with Crippen LogP contribution in [0.25, 0.3) is 0 Å². The van der Waals surface area contributed by atoms with Gasteiger partial charge in [0, 0.05) is 12.2 Å². The monoisotopic (exact) mass is 485 g/mol. The van der Waals surface area contributed by atoms with Gasteiger partial charge in [0.1, 0.15) is 11.6 Å². The highest BCUT2D eigenvalue weighted by Crippen LogP contribution is 2.63. The summed E-state index contributed by atoms with van der Waals surface area (Å²) in [6.07, 6.45) is 4.00. The van der Waals surface area contributed by atoms with Crippen LogP contribution in [0.2, 0.25) is 0 Å². The molecule has 3 aliphatic rings. The van der Waals surface area contributed by atoms with E-state index in [0.717, 1.165) is 19.3 Å². The van der Waals surface area contributed by atoms with E-state index in [2.05, 4.69) is 17.6 Å². The Morgan fingerprint density at radius 1 is 1.17 bits per heavy atom. The maximum atomic E-state index is 14.1. The van der Waals surface area contributed by atoms with Crippen LogP contribution in [0.1, 0.15) is 59.8 Å². The fourth-order valence-electron chi connectivity index (χ4n) is 6.47. The molecule has 8 heteroatoms. The lowest BCUT2D eigenvalue weighted by molar-refractivity contribution is -0.150. The molecule has 2 unspecified atom stereocenters. The van der Waals surface area contributed by atoms with Crippen LogP contribution in [-0.2, 0) is 19.1 Å². The van der Waals surface area contributed by atoms with Gasteiger partial charge >= 0.3 is 0 Å². The third-order valence-electron chi connectivity index (χ3n) is 8.18. The van der Waals surface area contributed by atoms with Crippen LogP contribution in [0, 0.1) is 17.8 Å². The Morgan fingerprint density at radius 2 is 1.89 bits per heavy atom. The lowest BCUT2D eigenvalue weighted by Crippen LogP contribution is -2.59. The molecule has 6 atom stereocenters. The fraction of sp³-hybridized carbons (Fsp3) is 0.667. The summed E-state index contributed by atoms with van der Waals surface area (Å²) in [5.74, 6) is -2.38. The molecule has 35 heavy (non-hydrogen) atoms. The first-order valence-electron chi connectivity index (χ1n) is 13.0. The van der Waals surface area contributed by atoms with Crippen molar-refractivity contribution in [1.29, 1.82) is 0 Å². The first-order chi connectivity index (χ1) is 16.7. The van der Waals surface area contributed by atoms with Gasteiger partial charge in [-0.05, 0) is 44.2 Å². The van der Waals surface area contributed by atoms with Crippen LogP contribution in [0.3, 0.4) is 0 Å². The molecule has 0 aromatic heterocycles. The molecule has 2 bridgehead atoms. The van der Waals surface area contributed by atoms with E-state index in [4.69, 9.17) is 4.74 Å². The summed E-state index contributed by atoms with van der Waals surface area (Å²) in [4.78, 5) is 42.8. The number of carbonyl (C=O) groups excluding carboxylic acids is 3. The standard InChI is InChI=1S/C27H39N3O5/c1-5-6-10-15-28-24(33)22-27-14-13-26(4,35-27)20(23(32)29-18-11-8-7-9-12-18)21(27)25(34)30(22)19(16-31)17(2)3/h7-9,11-12,17,19-22,31H,5-6,10,13-16H2,1-4H3,(H,28,33)(H,29,32)/t19-,20+,21-,22?,26-,27?/m0/s1. The molecular formula is C27H39N3O5. The summed E-state index contributed by atoms with van der Waals surface area (Å²) in [7, 11) is 0. The molecule has 3 fully saturated rings. The zero-order valence-electron chi connectivity index (χ0n) is 21.3. The molecule has 3 heterocycles. The van der Waals surface area contributed by atoms with Crippen LogP contribution < -0.4 is 10.6 Å². The second kappa shape index (κ2) is 9.90. The van der Waals surface area contributed by atoms with Crippen LogP contribution in [0.4, 0.5) is 5.69 Å². The Labute approximate surface area is 207 Å². The largest absolute Gasteiger partial charge is 0.394 e. The van der Waals surface area contributed by atoms with E-state index in [9.17, 15) is 19.5 Å². The third kappa shape index (κ3) is 4.25. The summed E-state index contributed by atoms with van der Waals surface area (Å²) >= 11 is 0. The number of fused-ring (bicyclic) bond motifs is 1. The maximum absolute atomic E-state index is 14.1. The van der Waals surface area contributed by atoms with Crippen LogP contribution in [0.15, 0.2) is 30.3 Å². The number of hydrogen-bond acceptors (Lipinski definition) is 5. The number of aliphatic hydroxyl groups excluding tert-OH is 1. The number of unbranched alkanes of at least 4 members (excludes halogenated alkanes) is 2. The van der Waals surface area contributed by atoms with E-state index in [0.29, 0.717) is 25.1 Å². The molecule has 1 aromatic carbocycles. The number of carbonyl (C=O) groups is 3. The molecule has 0 aliphatic carbocycles. The van der Waals surface area contributed by atoms with E-state index in [1.165, 1.54) is 4.90 Å². The van der Waals surface area contributed by atoms with Gasteiger partial charge in [-0.3, -0.25) is 14.4 Å². The Hall–Kier alpha value is -2.45. The van der Waals surface area contributed by atoms with Gasteiger partial charge in [0.05, 0.1) is 30.1 Å². The average Bonchev–Trinajstić information content (AvgIpc) is 3.39. The highest BCUT2D eigenvalue weighted by molar-refractivity contribution is 6.02. The van der Waals surface area contributed by atoms with Crippen molar-refractivity contribution in [2.24, 2.45) is 17.8 Å². The van der Waals surface area contributed by atoms with Crippen LogP contribution in [-0.4, -0.2) is 64.2 Å². The first-order valence-corrected chi connectivity index (χ1v) is 13.0. The molecule has 1 spiro atoms. The molecule has 1 aromatic rings. The number of para-hydroxylation sites is 1. The number of anilines is 1. The van der Waals surface area contributed by atoms with Gasteiger partial charge in [-0.15, -0.1) is 0 Å². The summed E-state index contributed by atoms with van der Waals surface area (Å²) in [6, 6.07) is 7.74. The van der Waals surface area contributed by atoms with Gasteiger partial charge in [0.2, 0.25) is 17.7 Å².